The molecule has 0 radical (unpaired) electrons. The highest BCUT2D eigenvalue weighted by Crippen LogP contribution is 2.14. The lowest BCUT2D eigenvalue weighted by molar-refractivity contribution is -0.159. The maximum Gasteiger partial charge on any atom is 0.414 e. The predicted molar refractivity (Wildman–Crippen MR) is 85.2 cm³/mol. The molecule has 7 nitrogen and oxygen atoms in total. The molecule has 0 saturated carbocycles. The lowest BCUT2D eigenvalue weighted by atomic mass is 10.2. The summed E-state index contributed by atoms with van der Waals surface area (Å²) in [5.74, 6) is -5.70. The van der Waals surface area contributed by atoms with Gasteiger partial charge in [-0.25, -0.2) is 18.4 Å². The fourth-order valence-electron chi connectivity index (χ4n) is 2.27. The first-order valence-corrected chi connectivity index (χ1v) is 7.73. The summed E-state index contributed by atoms with van der Waals surface area (Å²) in [5, 5.41) is 17.4. The largest absolute Gasteiger partial charge is 0.473 e. The molecule has 1 amide bonds. The number of carbonyl (C=O) groups excluding carboxylic acids is 1. The van der Waals surface area contributed by atoms with Crippen LogP contribution >= 0.6 is 0 Å². The van der Waals surface area contributed by atoms with Gasteiger partial charge in [0.1, 0.15) is 0 Å². The minimum Gasteiger partial charge on any atom is -0.473 e. The van der Waals surface area contributed by atoms with Crippen LogP contribution in [0, 0.1) is 11.6 Å². The Morgan fingerprint density at radius 1 is 0.960 bits per heavy atom. The van der Waals surface area contributed by atoms with E-state index in [0.29, 0.717) is 12.2 Å². The summed E-state index contributed by atoms with van der Waals surface area (Å²) in [6, 6.07) is 3.37. The van der Waals surface area contributed by atoms with Crippen molar-refractivity contribution in [1.29, 1.82) is 0 Å². The molecule has 3 N–H and O–H groups in total. The molecule has 9 heteroatoms. The van der Waals surface area contributed by atoms with Crippen molar-refractivity contribution < 1.29 is 33.4 Å². The van der Waals surface area contributed by atoms with Crippen LogP contribution in [0.5, 0.6) is 0 Å². The summed E-state index contributed by atoms with van der Waals surface area (Å²) < 4.78 is 25.8. The Labute approximate surface area is 143 Å². The molecule has 0 spiro atoms. The molecule has 1 aliphatic heterocycles. The first-order valence-electron chi connectivity index (χ1n) is 7.73. The summed E-state index contributed by atoms with van der Waals surface area (Å²) in [7, 11) is 0. The van der Waals surface area contributed by atoms with E-state index < -0.39 is 23.6 Å². The van der Waals surface area contributed by atoms with Crippen LogP contribution in [0.3, 0.4) is 0 Å². The Morgan fingerprint density at radius 2 is 1.52 bits per heavy atom. The van der Waals surface area contributed by atoms with Crippen molar-refractivity contribution in [3.8, 4) is 0 Å². The molecule has 0 bridgehead atoms. The normalized spacial score (nSPS) is 14.6. The van der Waals surface area contributed by atoms with Crippen molar-refractivity contribution in [3.05, 3.63) is 29.8 Å². The SMILES string of the molecule is O=C(CN1CCCCCC1)Nc1ccc(F)c(F)c1.O=C(O)C(=O)O. The molecule has 0 aromatic heterocycles. The zero-order valence-corrected chi connectivity index (χ0v) is 13.5. The van der Waals surface area contributed by atoms with Gasteiger partial charge in [0.2, 0.25) is 5.91 Å². The standard InChI is InChI=1S/C14H18F2N2O.C2H2O4/c15-12-6-5-11(9-13(12)16)17-14(19)10-18-7-3-1-2-4-8-18;3-1(4)2(5)6/h5-6,9H,1-4,7-8,10H2,(H,17,19);(H,3,4)(H,5,6). The molecule has 1 heterocycles. The number of aliphatic carboxylic acids is 2. The number of carbonyl (C=O) groups is 3. The third kappa shape index (κ3) is 8.20. The maximum atomic E-state index is 13.0. The zero-order valence-electron chi connectivity index (χ0n) is 13.5. The van der Waals surface area contributed by atoms with Gasteiger partial charge >= 0.3 is 11.9 Å². The fraction of sp³-hybridized carbons (Fsp3) is 0.438. The lowest BCUT2D eigenvalue weighted by Gasteiger charge is -2.18. The Hall–Kier alpha value is -2.55. The summed E-state index contributed by atoms with van der Waals surface area (Å²) >= 11 is 0. The van der Waals surface area contributed by atoms with Crippen LogP contribution < -0.4 is 5.32 Å². The first-order chi connectivity index (χ1) is 11.8. The lowest BCUT2D eigenvalue weighted by Crippen LogP contribution is -2.33. The predicted octanol–water partition coefficient (Wildman–Crippen LogP) is 1.93. The highest BCUT2D eigenvalue weighted by molar-refractivity contribution is 6.27. The molecule has 1 aromatic carbocycles. The smallest absolute Gasteiger partial charge is 0.414 e. The van der Waals surface area contributed by atoms with Crippen molar-refractivity contribution in [2.45, 2.75) is 25.7 Å². The van der Waals surface area contributed by atoms with Crippen molar-refractivity contribution in [1.82, 2.24) is 4.90 Å². The number of rotatable bonds is 3. The van der Waals surface area contributed by atoms with Gasteiger partial charge in [0.25, 0.3) is 0 Å². The summed E-state index contributed by atoms with van der Waals surface area (Å²) in [5.41, 5.74) is 0.290. The van der Waals surface area contributed by atoms with Crippen LogP contribution in [0.4, 0.5) is 14.5 Å². The molecule has 0 aliphatic carbocycles. The van der Waals surface area contributed by atoms with Crippen LogP contribution in [0.15, 0.2) is 18.2 Å². The minimum atomic E-state index is -1.82. The molecule has 1 saturated heterocycles. The molecule has 0 unspecified atom stereocenters. The highest BCUT2D eigenvalue weighted by atomic mass is 19.2. The van der Waals surface area contributed by atoms with E-state index in [1.54, 1.807) is 0 Å². The number of nitrogens with one attached hydrogen (secondary N) is 1. The third-order valence-electron chi connectivity index (χ3n) is 3.45. The highest BCUT2D eigenvalue weighted by Gasteiger charge is 2.13. The fourth-order valence-corrected chi connectivity index (χ4v) is 2.27. The van der Waals surface area contributed by atoms with E-state index in [1.807, 2.05) is 0 Å². The summed E-state index contributed by atoms with van der Waals surface area (Å²) in [6.07, 6.45) is 4.64. The quantitative estimate of drug-likeness (QED) is 0.713. The second-order valence-corrected chi connectivity index (χ2v) is 5.48. The summed E-state index contributed by atoms with van der Waals surface area (Å²) in [4.78, 5) is 32.1. The van der Waals surface area contributed by atoms with E-state index in [-0.39, 0.29) is 5.91 Å². The number of benzene rings is 1. The molecule has 1 aliphatic rings. The molecule has 25 heavy (non-hydrogen) atoms. The maximum absolute atomic E-state index is 13.0. The van der Waals surface area contributed by atoms with Crippen LogP contribution in [0.1, 0.15) is 25.7 Å². The number of anilines is 1. The van der Waals surface area contributed by atoms with Crippen molar-refractivity contribution in [3.63, 3.8) is 0 Å². The van der Waals surface area contributed by atoms with Crippen LogP contribution in [-0.2, 0) is 14.4 Å². The van der Waals surface area contributed by atoms with E-state index in [4.69, 9.17) is 19.8 Å². The minimum absolute atomic E-state index is 0.187. The number of nitrogens with zero attached hydrogens (tertiary/aromatic N) is 1. The molecular weight excluding hydrogens is 338 g/mol. The molecule has 1 aromatic rings. The Balaban J connectivity index is 0.000000450. The molecule has 2 rings (SSSR count). The van der Waals surface area contributed by atoms with E-state index in [0.717, 1.165) is 38.1 Å². The van der Waals surface area contributed by atoms with Gasteiger partial charge in [-0.3, -0.25) is 9.69 Å². The van der Waals surface area contributed by atoms with Gasteiger partial charge in [-0.1, -0.05) is 12.8 Å². The van der Waals surface area contributed by atoms with Gasteiger partial charge in [-0.05, 0) is 38.1 Å². The zero-order chi connectivity index (χ0) is 18.8. The second-order valence-electron chi connectivity index (χ2n) is 5.48. The van der Waals surface area contributed by atoms with Gasteiger partial charge in [-0.2, -0.15) is 0 Å². The summed E-state index contributed by atoms with van der Waals surface area (Å²) in [6.45, 7) is 2.15. The Bertz CT molecular complexity index is 605. The number of hydrogen-bond donors (Lipinski definition) is 3. The molecule has 0 atom stereocenters. The van der Waals surface area contributed by atoms with Crippen LogP contribution in [-0.4, -0.2) is 52.6 Å². The van der Waals surface area contributed by atoms with E-state index in [2.05, 4.69) is 10.2 Å². The Morgan fingerprint density at radius 3 is 2.00 bits per heavy atom. The second kappa shape index (κ2) is 10.3. The van der Waals surface area contributed by atoms with Gasteiger partial charge in [-0.15, -0.1) is 0 Å². The topological polar surface area (TPSA) is 107 Å². The molecule has 138 valence electrons. The van der Waals surface area contributed by atoms with Gasteiger partial charge < -0.3 is 15.5 Å². The number of hydrogen-bond acceptors (Lipinski definition) is 4. The van der Waals surface area contributed by atoms with Gasteiger partial charge in [0.15, 0.2) is 11.6 Å². The first kappa shape index (κ1) is 20.5. The monoisotopic (exact) mass is 358 g/mol. The van der Waals surface area contributed by atoms with Gasteiger partial charge in [0.05, 0.1) is 6.54 Å². The van der Waals surface area contributed by atoms with E-state index in [1.165, 1.54) is 18.9 Å². The third-order valence-corrected chi connectivity index (χ3v) is 3.45. The number of carboxylic acids is 2. The molecule has 1 fully saturated rings. The van der Waals surface area contributed by atoms with Crippen molar-refractivity contribution in [2.75, 3.05) is 25.0 Å². The average molecular weight is 358 g/mol. The van der Waals surface area contributed by atoms with Crippen molar-refractivity contribution >= 4 is 23.5 Å². The van der Waals surface area contributed by atoms with Gasteiger partial charge in [0, 0.05) is 11.8 Å². The Kier molecular flexibility index (Phi) is 8.48. The van der Waals surface area contributed by atoms with E-state index in [9.17, 15) is 13.6 Å². The van der Waals surface area contributed by atoms with Crippen LogP contribution in [0.2, 0.25) is 0 Å². The number of likely N-dealkylation sites (tertiary alicyclic amines) is 1. The number of halogens is 2. The van der Waals surface area contributed by atoms with E-state index >= 15 is 0 Å². The number of amides is 1. The molecular formula is C16H20F2N2O5. The van der Waals surface area contributed by atoms with Crippen molar-refractivity contribution in [2.24, 2.45) is 0 Å². The van der Waals surface area contributed by atoms with Crippen LogP contribution in [0.25, 0.3) is 0 Å². The average Bonchev–Trinajstić information content (AvgIpc) is 2.80. The number of carboxylic acid groups (broad SMARTS) is 2.